The van der Waals surface area contributed by atoms with E-state index in [0.29, 0.717) is 10.6 Å². The summed E-state index contributed by atoms with van der Waals surface area (Å²) < 4.78 is 0. The monoisotopic (exact) mass is 302 g/mol. The number of carboxylic acid groups (broad SMARTS) is 1. The van der Waals surface area contributed by atoms with Crippen LogP contribution in [0.25, 0.3) is 11.1 Å². The van der Waals surface area contributed by atoms with E-state index in [2.05, 4.69) is 0 Å². The van der Waals surface area contributed by atoms with Gasteiger partial charge in [0.05, 0.1) is 5.56 Å². The minimum Gasteiger partial charge on any atom is -0.478 e. The van der Waals surface area contributed by atoms with Crippen molar-refractivity contribution in [2.75, 3.05) is 0 Å². The van der Waals surface area contributed by atoms with E-state index in [1.165, 1.54) is 0 Å². The Labute approximate surface area is 130 Å². The van der Waals surface area contributed by atoms with Gasteiger partial charge in [-0.1, -0.05) is 50.6 Å². The van der Waals surface area contributed by atoms with Crippen LogP contribution in [0.5, 0.6) is 0 Å². The maximum atomic E-state index is 11.5. The highest BCUT2D eigenvalue weighted by atomic mass is 35.5. The van der Waals surface area contributed by atoms with Crippen molar-refractivity contribution >= 4 is 17.6 Å². The first kappa shape index (κ1) is 15.6. The summed E-state index contributed by atoms with van der Waals surface area (Å²) in [6.45, 7) is 8.09. The Kier molecular flexibility index (Phi) is 4.11. The van der Waals surface area contributed by atoms with Crippen LogP contribution in [0.15, 0.2) is 36.4 Å². The van der Waals surface area contributed by atoms with Crippen molar-refractivity contribution in [3.05, 3.63) is 58.1 Å². The van der Waals surface area contributed by atoms with Gasteiger partial charge >= 0.3 is 5.97 Å². The van der Waals surface area contributed by atoms with E-state index in [-0.39, 0.29) is 5.41 Å². The third kappa shape index (κ3) is 3.11. The van der Waals surface area contributed by atoms with E-state index in [9.17, 15) is 9.90 Å². The van der Waals surface area contributed by atoms with E-state index in [1.807, 2.05) is 58.0 Å². The van der Waals surface area contributed by atoms with Gasteiger partial charge < -0.3 is 5.11 Å². The average molecular weight is 303 g/mol. The van der Waals surface area contributed by atoms with Crippen LogP contribution >= 0.6 is 11.6 Å². The number of hydrogen-bond donors (Lipinski definition) is 1. The molecule has 0 saturated carbocycles. The van der Waals surface area contributed by atoms with Crippen molar-refractivity contribution in [3.8, 4) is 11.1 Å². The molecule has 2 aromatic carbocycles. The molecule has 0 atom stereocenters. The predicted molar refractivity (Wildman–Crippen MR) is 87.3 cm³/mol. The van der Waals surface area contributed by atoms with Crippen molar-refractivity contribution < 1.29 is 9.90 Å². The number of aromatic carboxylic acids is 1. The first-order valence-electron chi connectivity index (χ1n) is 6.85. The summed E-state index contributed by atoms with van der Waals surface area (Å²) in [5, 5.41) is 10.1. The molecule has 2 rings (SSSR count). The third-order valence-electron chi connectivity index (χ3n) is 3.60. The first-order valence-corrected chi connectivity index (χ1v) is 7.23. The molecule has 2 nitrogen and oxygen atoms in total. The van der Waals surface area contributed by atoms with Crippen molar-refractivity contribution in [1.82, 2.24) is 0 Å². The third-order valence-corrected chi connectivity index (χ3v) is 3.85. The van der Waals surface area contributed by atoms with Crippen LogP contribution in [0, 0.1) is 6.92 Å². The largest absolute Gasteiger partial charge is 0.478 e. The summed E-state index contributed by atoms with van der Waals surface area (Å²) in [5.41, 5.74) is 4.10. The molecule has 1 N–H and O–H groups in total. The molecule has 0 aliphatic carbocycles. The van der Waals surface area contributed by atoms with E-state index in [0.717, 1.165) is 22.3 Å². The lowest BCUT2D eigenvalue weighted by Crippen LogP contribution is -2.19. The molecule has 0 bridgehead atoms. The lowest BCUT2D eigenvalue weighted by molar-refractivity contribution is 0.0694. The summed E-state index contributed by atoms with van der Waals surface area (Å²) in [6, 6.07) is 11.2. The zero-order valence-corrected chi connectivity index (χ0v) is 13.5. The highest BCUT2D eigenvalue weighted by Crippen LogP contribution is 2.35. The number of rotatable bonds is 2. The Morgan fingerprint density at radius 1 is 1.05 bits per heavy atom. The number of benzene rings is 2. The summed E-state index contributed by atoms with van der Waals surface area (Å²) >= 11 is 5.93. The Morgan fingerprint density at radius 3 is 2.10 bits per heavy atom. The van der Waals surface area contributed by atoms with Gasteiger partial charge in [0.15, 0.2) is 0 Å². The minimum absolute atomic E-state index is 0.236. The standard InChI is InChI=1S/C18H19ClO2/c1-11-14(12-5-7-13(19)8-6-12)9-10-15(17(20)21)16(11)18(2,3)4/h5-10H,1-4H3,(H,20,21). The fraction of sp³-hybridized carbons (Fsp3) is 0.278. The molecular formula is C18H19ClO2. The van der Waals surface area contributed by atoms with Crippen LogP contribution in [0.3, 0.4) is 0 Å². The van der Waals surface area contributed by atoms with Crippen LogP contribution < -0.4 is 0 Å². The second-order valence-corrected chi connectivity index (χ2v) is 6.66. The average Bonchev–Trinajstić information content (AvgIpc) is 2.38. The Hall–Kier alpha value is -1.80. The first-order chi connectivity index (χ1) is 9.71. The zero-order chi connectivity index (χ0) is 15.8. The summed E-state index contributed by atoms with van der Waals surface area (Å²) in [6.07, 6.45) is 0. The quantitative estimate of drug-likeness (QED) is 0.816. The van der Waals surface area contributed by atoms with Gasteiger partial charge in [0, 0.05) is 5.02 Å². The van der Waals surface area contributed by atoms with Gasteiger partial charge in [0.1, 0.15) is 0 Å². The molecule has 0 fully saturated rings. The Bertz CT molecular complexity index is 680. The van der Waals surface area contributed by atoms with E-state index >= 15 is 0 Å². The van der Waals surface area contributed by atoms with Crippen molar-refractivity contribution in [3.63, 3.8) is 0 Å². The highest BCUT2D eigenvalue weighted by molar-refractivity contribution is 6.30. The predicted octanol–water partition coefficient (Wildman–Crippen LogP) is 5.31. The molecule has 0 radical (unpaired) electrons. The lowest BCUT2D eigenvalue weighted by atomic mass is 9.78. The molecule has 110 valence electrons. The van der Waals surface area contributed by atoms with Gasteiger partial charge in [-0.2, -0.15) is 0 Å². The molecule has 3 heteroatoms. The highest BCUT2D eigenvalue weighted by Gasteiger charge is 2.25. The van der Waals surface area contributed by atoms with E-state index in [1.54, 1.807) is 6.07 Å². The molecule has 0 amide bonds. The van der Waals surface area contributed by atoms with Gasteiger partial charge in [0.2, 0.25) is 0 Å². The van der Waals surface area contributed by atoms with Gasteiger partial charge in [-0.25, -0.2) is 4.79 Å². The van der Waals surface area contributed by atoms with Crippen molar-refractivity contribution in [2.24, 2.45) is 0 Å². The Balaban J connectivity index is 2.71. The number of halogens is 1. The van der Waals surface area contributed by atoms with Crippen LogP contribution in [0.4, 0.5) is 0 Å². The molecule has 0 unspecified atom stereocenters. The summed E-state index contributed by atoms with van der Waals surface area (Å²) in [7, 11) is 0. The molecule has 0 aliphatic heterocycles. The second kappa shape index (κ2) is 5.53. The maximum absolute atomic E-state index is 11.5. The molecule has 21 heavy (non-hydrogen) atoms. The van der Waals surface area contributed by atoms with Crippen LogP contribution in [-0.4, -0.2) is 11.1 Å². The van der Waals surface area contributed by atoms with Gasteiger partial charge in [-0.15, -0.1) is 0 Å². The molecule has 0 aliphatic rings. The fourth-order valence-electron chi connectivity index (χ4n) is 2.80. The van der Waals surface area contributed by atoms with Gasteiger partial charge in [-0.3, -0.25) is 0 Å². The van der Waals surface area contributed by atoms with Crippen LogP contribution in [0.1, 0.15) is 42.3 Å². The molecule has 0 aromatic heterocycles. The van der Waals surface area contributed by atoms with Crippen molar-refractivity contribution in [1.29, 1.82) is 0 Å². The topological polar surface area (TPSA) is 37.3 Å². The molecule has 2 aromatic rings. The molecule has 0 heterocycles. The number of carboxylic acids is 1. The number of carbonyl (C=O) groups is 1. The second-order valence-electron chi connectivity index (χ2n) is 6.22. The molecular weight excluding hydrogens is 284 g/mol. The fourth-order valence-corrected chi connectivity index (χ4v) is 2.92. The Morgan fingerprint density at radius 2 is 1.62 bits per heavy atom. The molecule has 0 saturated heterocycles. The maximum Gasteiger partial charge on any atom is 0.335 e. The normalized spacial score (nSPS) is 11.5. The van der Waals surface area contributed by atoms with Gasteiger partial charge in [-0.05, 0) is 52.8 Å². The van der Waals surface area contributed by atoms with E-state index < -0.39 is 5.97 Å². The SMILES string of the molecule is Cc1c(-c2ccc(Cl)cc2)ccc(C(=O)O)c1C(C)(C)C. The summed E-state index contributed by atoms with van der Waals surface area (Å²) in [5.74, 6) is -0.884. The zero-order valence-electron chi connectivity index (χ0n) is 12.7. The molecule has 0 spiro atoms. The lowest BCUT2D eigenvalue weighted by Gasteiger charge is -2.26. The van der Waals surface area contributed by atoms with Crippen LogP contribution in [-0.2, 0) is 5.41 Å². The smallest absolute Gasteiger partial charge is 0.335 e. The van der Waals surface area contributed by atoms with Gasteiger partial charge in [0.25, 0.3) is 0 Å². The van der Waals surface area contributed by atoms with Crippen LogP contribution in [0.2, 0.25) is 5.02 Å². The number of hydrogen-bond acceptors (Lipinski definition) is 1. The summed E-state index contributed by atoms with van der Waals surface area (Å²) in [4.78, 5) is 11.5. The van der Waals surface area contributed by atoms with Crippen molar-refractivity contribution in [2.45, 2.75) is 33.1 Å². The van der Waals surface area contributed by atoms with E-state index in [4.69, 9.17) is 11.6 Å². The minimum atomic E-state index is -0.884.